The third-order valence-electron chi connectivity index (χ3n) is 4.45. The number of ether oxygens (including phenoxy) is 1. The van der Waals surface area contributed by atoms with Crippen LogP contribution in [0.2, 0.25) is 0 Å². The maximum absolute atomic E-state index is 12.2. The van der Waals surface area contributed by atoms with E-state index in [4.69, 9.17) is 4.74 Å². The van der Waals surface area contributed by atoms with Crippen molar-refractivity contribution in [2.24, 2.45) is 0 Å². The molecule has 1 aliphatic carbocycles. The molecule has 1 amide bonds. The quantitative estimate of drug-likeness (QED) is 0.669. The van der Waals surface area contributed by atoms with Crippen molar-refractivity contribution in [3.05, 3.63) is 35.9 Å². The molecule has 0 atom stereocenters. The second kappa shape index (κ2) is 9.62. The molecule has 144 valence electrons. The minimum atomic E-state index is -3.52. The first-order valence-corrected chi connectivity index (χ1v) is 10.8. The number of methoxy groups -OCH3 is 1. The van der Waals surface area contributed by atoms with Gasteiger partial charge in [-0.05, 0) is 44.2 Å². The van der Waals surface area contributed by atoms with Gasteiger partial charge in [-0.25, -0.2) is 8.42 Å². The van der Waals surface area contributed by atoms with Crippen molar-refractivity contribution in [1.82, 2.24) is 5.32 Å². The summed E-state index contributed by atoms with van der Waals surface area (Å²) >= 11 is 0. The van der Waals surface area contributed by atoms with Crippen molar-refractivity contribution in [2.75, 3.05) is 30.8 Å². The van der Waals surface area contributed by atoms with Crippen LogP contribution in [0.3, 0.4) is 0 Å². The van der Waals surface area contributed by atoms with Crippen LogP contribution in [0.5, 0.6) is 5.75 Å². The maximum atomic E-state index is 12.2. The molecule has 0 aliphatic heterocycles. The smallest absolute Gasteiger partial charge is 0.232 e. The number of carbonyl (C=O) groups excluding carboxylic acids is 1. The van der Waals surface area contributed by atoms with Crippen LogP contribution in [-0.2, 0) is 14.8 Å². The van der Waals surface area contributed by atoms with Crippen LogP contribution < -0.4 is 14.4 Å². The standard InChI is InChI=1S/C19H28N2O4S/c1-25-18-11-7-6-10-17(18)21(26(2,23)24)15-13-19(22)20-14-12-16-8-4-3-5-9-16/h6-8,10-11H,3-5,9,12-15H2,1-2H3,(H,20,22). The van der Waals surface area contributed by atoms with E-state index >= 15 is 0 Å². The number of anilines is 1. The molecule has 0 saturated heterocycles. The molecule has 0 fully saturated rings. The highest BCUT2D eigenvalue weighted by Crippen LogP contribution is 2.29. The number of sulfonamides is 1. The summed E-state index contributed by atoms with van der Waals surface area (Å²) in [5, 5.41) is 2.88. The summed E-state index contributed by atoms with van der Waals surface area (Å²) in [6, 6.07) is 6.89. The van der Waals surface area contributed by atoms with Gasteiger partial charge in [0.15, 0.2) is 0 Å². The molecule has 7 heteroatoms. The molecular formula is C19H28N2O4S. The number of rotatable bonds is 9. The third kappa shape index (κ3) is 6.05. The number of carbonyl (C=O) groups is 1. The summed E-state index contributed by atoms with van der Waals surface area (Å²) in [5.74, 6) is 0.313. The maximum Gasteiger partial charge on any atom is 0.232 e. The molecule has 0 spiro atoms. The summed E-state index contributed by atoms with van der Waals surface area (Å²) in [7, 11) is -2.03. The highest BCUT2D eigenvalue weighted by atomic mass is 32.2. The molecule has 1 aromatic rings. The van der Waals surface area contributed by atoms with Crippen molar-refractivity contribution in [3.63, 3.8) is 0 Å². The Morgan fingerprint density at radius 1 is 1.27 bits per heavy atom. The Kier molecular flexibility index (Phi) is 7.50. The molecule has 0 radical (unpaired) electrons. The Bertz CT molecular complexity index is 744. The molecule has 2 rings (SSSR count). The topological polar surface area (TPSA) is 75.7 Å². The fourth-order valence-electron chi connectivity index (χ4n) is 3.09. The van der Waals surface area contributed by atoms with Crippen LogP contribution in [0.25, 0.3) is 0 Å². The SMILES string of the molecule is COc1ccccc1N(CCC(=O)NCCC1=CCCCC1)S(C)(=O)=O. The number of para-hydroxylation sites is 2. The van der Waals surface area contributed by atoms with Gasteiger partial charge in [-0.3, -0.25) is 9.10 Å². The van der Waals surface area contributed by atoms with Gasteiger partial charge in [0.25, 0.3) is 0 Å². The van der Waals surface area contributed by atoms with E-state index in [9.17, 15) is 13.2 Å². The molecule has 1 aliphatic rings. The Balaban J connectivity index is 1.91. The molecule has 0 heterocycles. The first kappa shape index (κ1) is 20.3. The first-order chi connectivity index (χ1) is 12.4. The summed E-state index contributed by atoms with van der Waals surface area (Å²) in [5.41, 5.74) is 1.85. The predicted octanol–water partition coefficient (Wildman–Crippen LogP) is 2.86. The molecule has 1 aromatic carbocycles. The molecule has 6 nitrogen and oxygen atoms in total. The predicted molar refractivity (Wildman–Crippen MR) is 104 cm³/mol. The van der Waals surface area contributed by atoms with E-state index in [0.29, 0.717) is 18.0 Å². The van der Waals surface area contributed by atoms with Gasteiger partial charge in [0.2, 0.25) is 15.9 Å². The van der Waals surface area contributed by atoms with Gasteiger partial charge < -0.3 is 10.1 Å². The number of nitrogens with one attached hydrogen (secondary N) is 1. The van der Waals surface area contributed by atoms with Gasteiger partial charge in [-0.2, -0.15) is 0 Å². The average Bonchev–Trinajstić information content (AvgIpc) is 2.62. The van der Waals surface area contributed by atoms with Gasteiger partial charge in [-0.15, -0.1) is 0 Å². The highest BCUT2D eigenvalue weighted by Gasteiger charge is 2.21. The number of nitrogens with zero attached hydrogens (tertiary/aromatic N) is 1. The van der Waals surface area contributed by atoms with Crippen molar-refractivity contribution in [1.29, 1.82) is 0 Å². The van der Waals surface area contributed by atoms with Crippen LogP contribution in [0.15, 0.2) is 35.9 Å². The molecule has 0 unspecified atom stereocenters. The molecule has 1 N–H and O–H groups in total. The van der Waals surface area contributed by atoms with Crippen molar-refractivity contribution < 1.29 is 17.9 Å². The van der Waals surface area contributed by atoms with Crippen molar-refractivity contribution in [2.45, 2.75) is 38.5 Å². The zero-order chi connectivity index (χ0) is 19.0. The molecule has 0 saturated carbocycles. The van der Waals surface area contributed by atoms with Crippen LogP contribution in [-0.4, -0.2) is 40.8 Å². The van der Waals surface area contributed by atoms with Crippen LogP contribution in [0.1, 0.15) is 38.5 Å². The number of hydrogen-bond donors (Lipinski definition) is 1. The Morgan fingerprint density at radius 2 is 2.04 bits per heavy atom. The minimum absolute atomic E-state index is 0.0771. The van der Waals surface area contributed by atoms with E-state index in [1.807, 2.05) is 0 Å². The summed E-state index contributed by atoms with van der Waals surface area (Å²) in [4.78, 5) is 12.1. The lowest BCUT2D eigenvalue weighted by molar-refractivity contribution is -0.120. The van der Waals surface area contributed by atoms with E-state index in [1.54, 1.807) is 24.3 Å². The Hall–Kier alpha value is -2.02. The lowest BCUT2D eigenvalue weighted by Gasteiger charge is -2.24. The fourth-order valence-corrected chi connectivity index (χ4v) is 4.02. The minimum Gasteiger partial charge on any atom is -0.495 e. The van der Waals surface area contributed by atoms with E-state index < -0.39 is 10.0 Å². The summed E-state index contributed by atoms with van der Waals surface area (Å²) in [6.45, 7) is 0.673. The summed E-state index contributed by atoms with van der Waals surface area (Å²) in [6.07, 6.45) is 9.09. The van der Waals surface area contributed by atoms with Gasteiger partial charge in [0, 0.05) is 19.5 Å². The average molecular weight is 381 g/mol. The van der Waals surface area contributed by atoms with E-state index in [1.165, 1.54) is 29.8 Å². The van der Waals surface area contributed by atoms with Gasteiger partial charge in [0.1, 0.15) is 5.75 Å². The van der Waals surface area contributed by atoms with Crippen LogP contribution in [0, 0.1) is 0 Å². The zero-order valence-corrected chi connectivity index (χ0v) is 16.3. The third-order valence-corrected chi connectivity index (χ3v) is 5.63. The van der Waals surface area contributed by atoms with E-state index in [2.05, 4.69) is 11.4 Å². The normalized spacial score (nSPS) is 14.5. The van der Waals surface area contributed by atoms with Gasteiger partial charge >= 0.3 is 0 Å². The van der Waals surface area contributed by atoms with Gasteiger partial charge in [-0.1, -0.05) is 23.8 Å². The lowest BCUT2D eigenvalue weighted by atomic mass is 9.97. The molecule has 0 aromatic heterocycles. The molecule has 0 bridgehead atoms. The molecular weight excluding hydrogens is 352 g/mol. The van der Waals surface area contributed by atoms with Crippen molar-refractivity contribution in [3.8, 4) is 5.75 Å². The Morgan fingerprint density at radius 3 is 2.69 bits per heavy atom. The lowest BCUT2D eigenvalue weighted by Crippen LogP contribution is -2.35. The number of hydrogen-bond acceptors (Lipinski definition) is 4. The zero-order valence-electron chi connectivity index (χ0n) is 15.5. The monoisotopic (exact) mass is 380 g/mol. The molecule has 26 heavy (non-hydrogen) atoms. The summed E-state index contributed by atoms with van der Waals surface area (Å²) < 4.78 is 30.8. The second-order valence-electron chi connectivity index (χ2n) is 6.47. The number of amides is 1. The second-order valence-corrected chi connectivity index (χ2v) is 8.37. The largest absolute Gasteiger partial charge is 0.495 e. The van der Waals surface area contributed by atoms with E-state index in [-0.39, 0.29) is 18.9 Å². The highest BCUT2D eigenvalue weighted by molar-refractivity contribution is 7.92. The Labute approximate surface area is 156 Å². The van der Waals surface area contributed by atoms with Gasteiger partial charge in [0.05, 0.1) is 19.1 Å². The first-order valence-electron chi connectivity index (χ1n) is 8.97. The number of allylic oxidation sites excluding steroid dienone is 1. The van der Waals surface area contributed by atoms with Crippen molar-refractivity contribution >= 4 is 21.6 Å². The number of benzene rings is 1. The van der Waals surface area contributed by atoms with E-state index in [0.717, 1.165) is 25.5 Å². The van der Waals surface area contributed by atoms with Crippen LogP contribution >= 0.6 is 0 Å². The van der Waals surface area contributed by atoms with Crippen LogP contribution in [0.4, 0.5) is 5.69 Å². The fraction of sp³-hybridized carbons (Fsp3) is 0.526.